The van der Waals surface area contributed by atoms with Crippen LogP contribution < -0.4 is 0 Å². The molecule has 3 aromatic heterocycles. The van der Waals surface area contributed by atoms with Gasteiger partial charge in [-0.15, -0.1) is 11.3 Å². The Balaban J connectivity index is 1.04. The summed E-state index contributed by atoms with van der Waals surface area (Å²) in [7, 11) is 0. The van der Waals surface area contributed by atoms with Crippen LogP contribution in [0.15, 0.2) is 231 Å². The average Bonchev–Trinajstić information content (AvgIpc) is 3.98. The first-order valence-corrected chi connectivity index (χ1v) is 24.6. The predicted octanol–water partition coefficient (Wildman–Crippen LogP) is 17.8. The molecule has 0 amide bonds. The smallest absolute Gasteiger partial charge is 0.164 e. The van der Waals surface area contributed by atoms with E-state index in [1.807, 2.05) is 29.5 Å². The third-order valence-corrected chi connectivity index (χ3v) is 15.6. The second kappa shape index (κ2) is 15.2. The molecule has 0 unspecified atom stereocenters. The molecule has 0 N–H and O–H groups in total. The Labute approximate surface area is 406 Å². The second-order valence-corrected chi connectivity index (χ2v) is 19.3. The maximum absolute atomic E-state index is 5.53. The van der Waals surface area contributed by atoms with E-state index in [2.05, 4.69) is 217 Å². The molecule has 324 valence electrons. The van der Waals surface area contributed by atoms with Crippen LogP contribution in [0.2, 0.25) is 0 Å². The minimum absolute atomic E-state index is 0.614. The number of hydrogen-bond acceptors (Lipinski definition) is 4. The van der Waals surface area contributed by atoms with E-state index in [0.717, 1.165) is 44.5 Å². The Kier molecular flexibility index (Phi) is 8.49. The SMILES string of the molecule is c1ccc(-c2nc(-c3ccc4c5ccccc5c5ccccc5c4c3)nc(-c3ccc(-n4c5ccccc5c5cc6ccccc6cc54)cc3-c3cc4ccccc4c4sc5ccccc5c34)n2)cc1. The van der Waals surface area contributed by atoms with Crippen molar-refractivity contribution in [1.82, 2.24) is 19.5 Å². The molecule has 0 aliphatic heterocycles. The first-order chi connectivity index (χ1) is 34.7. The number of aromatic nitrogens is 4. The Hall–Kier alpha value is -9.03. The summed E-state index contributed by atoms with van der Waals surface area (Å²) in [6.07, 6.45) is 0. The van der Waals surface area contributed by atoms with Crippen LogP contribution in [0.25, 0.3) is 147 Å². The van der Waals surface area contributed by atoms with Crippen LogP contribution in [0.5, 0.6) is 0 Å². The lowest BCUT2D eigenvalue weighted by Crippen LogP contribution is -2.02. The molecule has 0 fully saturated rings. The highest BCUT2D eigenvalue weighted by atomic mass is 32.1. The zero-order valence-corrected chi connectivity index (χ0v) is 38.5. The van der Waals surface area contributed by atoms with Crippen molar-refractivity contribution >= 4 is 107 Å². The minimum atomic E-state index is 0.614. The van der Waals surface area contributed by atoms with Gasteiger partial charge >= 0.3 is 0 Å². The van der Waals surface area contributed by atoms with Gasteiger partial charge in [0.1, 0.15) is 0 Å². The summed E-state index contributed by atoms with van der Waals surface area (Å²) in [6, 6.07) is 83.5. The zero-order valence-electron chi connectivity index (χ0n) is 37.6. The number of nitrogens with zero attached hydrogens (tertiary/aromatic N) is 4. The van der Waals surface area contributed by atoms with Crippen molar-refractivity contribution < 1.29 is 0 Å². The van der Waals surface area contributed by atoms with Crippen LogP contribution in [0.1, 0.15) is 0 Å². The first-order valence-electron chi connectivity index (χ1n) is 23.8. The summed E-state index contributed by atoms with van der Waals surface area (Å²) in [5, 5.41) is 17.1. The van der Waals surface area contributed by atoms with E-state index in [9.17, 15) is 0 Å². The summed E-state index contributed by atoms with van der Waals surface area (Å²) in [5.41, 5.74) is 8.36. The topological polar surface area (TPSA) is 43.6 Å². The number of fused-ring (bicyclic) bond motifs is 15. The summed E-state index contributed by atoms with van der Waals surface area (Å²) in [6.45, 7) is 0. The van der Waals surface area contributed by atoms with Gasteiger partial charge in [0.05, 0.1) is 11.0 Å². The fourth-order valence-corrected chi connectivity index (χ4v) is 12.4. The van der Waals surface area contributed by atoms with Crippen molar-refractivity contribution in [3.63, 3.8) is 0 Å². The monoisotopic (exact) mass is 906 g/mol. The van der Waals surface area contributed by atoms with Gasteiger partial charge in [-0.05, 0) is 120 Å². The van der Waals surface area contributed by atoms with Crippen molar-refractivity contribution in [1.29, 1.82) is 0 Å². The molecule has 3 heterocycles. The molecule has 0 saturated carbocycles. The molecule has 0 spiro atoms. The van der Waals surface area contributed by atoms with Gasteiger partial charge in [0.2, 0.25) is 0 Å². The number of para-hydroxylation sites is 1. The Morgan fingerprint density at radius 2 is 0.871 bits per heavy atom. The first kappa shape index (κ1) is 39.0. The van der Waals surface area contributed by atoms with E-state index in [-0.39, 0.29) is 0 Å². The van der Waals surface area contributed by atoms with E-state index in [4.69, 9.17) is 15.0 Å². The highest BCUT2D eigenvalue weighted by Crippen LogP contribution is 2.48. The van der Waals surface area contributed by atoms with E-state index in [0.29, 0.717) is 17.5 Å². The average molecular weight is 907 g/mol. The van der Waals surface area contributed by atoms with Crippen molar-refractivity contribution in [2.45, 2.75) is 0 Å². The Morgan fingerprint density at radius 3 is 1.63 bits per heavy atom. The second-order valence-electron chi connectivity index (χ2n) is 18.3. The summed E-state index contributed by atoms with van der Waals surface area (Å²) in [4.78, 5) is 16.3. The molecule has 15 aromatic rings. The highest BCUT2D eigenvalue weighted by molar-refractivity contribution is 7.26. The van der Waals surface area contributed by atoms with Crippen LogP contribution in [-0.2, 0) is 0 Å². The molecule has 0 bridgehead atoms. The number of thiophene rings is 1. The Morgan fingerprint density at radius 1 is 0.300 bits per heavy atom. The molecule has 0 radical (unpaired) electrons. The molecule has 15 rings (SSSR count). The van der Waals surface area contributed by atoms with E-state index in [1.165, 1.54) is 84.8 Å². The van der Waals surface area contributed by atoms with Crippen molar-refractivity contribution in [2.75, 3.05) is 0 Å². The van der Waals surface area contributed by atoms with Gasteiger partial charge in [-0.3, -0.25) is 0 Å². The standard InChI is InChI=1S/C65H38N4S/c1-2-16-39(17-3-1)63-66-64(43-30-32-50-48-24-9-8-22-46(48)47-23-10-11-25-49(47)54(50)36-43)68-65(67-63)52-33-31-44(69-58-28-14-12-26-51(58)56-34-40-18-4-5-19-41(40)37-59(56)69)38-55(52)57-35-42-20-6-7-21-45(42)62-61(57)53-27-13-15-29-60(53)70-62/h1-38H. The van der Waals surface area contributed by atoms with E-state index in [1.54, 1.807) is 0 Å². The third kappa shape index (κ3) is 5.92. The fraction of sp³-hybridized carbons (Fsp3) is 0. The molecule has 4 nitrogen and oxygen atoms in total. The highest BCUT2D eigenvalue weighted by Gasteiger charge is 2.23. The largest absolute Gasteiger partial charge is 0.309 e. The molecule has 70 heavy (non-hydrogen) atoms. The predicted molar refractivity (Wildman–Crippen MR) is 296 cm³/mol. The maximum atomic E-state index is 5.53. The number of benzene rings is 12. The van der Waals surface area contributed by atoms with Gasteiger partial charge in [-0.1, -0.05) is 176 Å². The number of rotatable bonds is 5. The zero-order chi connectivity index (χ0) is 45.9. The molecule has 0 atom stereocenters. The maximum Gasteiger partial charge on any atom is 0.164 e. The summed E-state index contributed by atoms with van der Waals surface area (Å²) >= 11 is 1.86. The lowest BCUT2D eigenvalue weighted by atomic mass is 9.91. The van der Waals surface area contributed by atoms with Gasteiger partial charge < -0.3 is 4.57 Å². The Bertz CT molecular complexity index is 4630. The summed E-state index contributed by atoms with van der Waals surface area (Å²) < 4.78 is 4.96. The van der Waals surface area contributed by atoms with Gasteiger partial charge in [0.25, 0.3) is 0 Å². The van der Waals surface area contributed by atoms with Crippen LogP contribution in [0.4, 0.5) is 0 Å². The quantitative estimate of drug-likeness (QED) is 0.162. The third-order valence-electron chi connectivity index (χ3n) is 14.4. The minimum Gasteiger partial charge on any atom is -0.309 e. The molecule has 0 saturated heterocycles. The lowest BCUT2D eigenvalue weighted by molar-refractivity contribution is 1.07. The van der Waals surface area contributed by atoms with Gasteiger partial charge in [-0.2, -0.15) is 0 Å². The molecular formula is C65H38N4S. The van der Waals surface area contributed by atoms with E-state index >= 15 is 0 Å². The normalized spacial score (nSPS) is 12.0. The summed E-state index contributed by atoms with van der Waals surface area (Å²) in [5.74, 6) is 1.86. The molecule has 12 aromatic carbocycles. The van der Waals surface area contributed by atoms with Gasteiger partial charge in [-0.25, -0.2) is 15.0 Å². The lowest BCUT2D eigenvalue weighted by Gasteiger charge is -2.17. The van der Waals surface area contributed by atoms with Crippen molar-refractivity contribution in [2.24, 2.45) is 0 Å². The van der Waals surface area contributed by atoms with Crippen molar-refractivity contribution in [3.05, 3.63) is 231 Å². The van der Waals surface area contributed by atoms with Crippen LogP contribution in [-0.4, -0.2) is 19.5 Å². The molecule has 0 aliphatic carbocycles. The van der Waals surface area contributed by atoms with Crippen molar-refractivity contribution in [3.8, 4) is 51.0 Å². The van der Waals surface area contributed by atoms with Gasteiger partial charge in [0.15, 0.2) is 17.5 Å². The van der Waals surface area contributed by atoms with Crippen LogP contribution in [0, 0.1) is 0 Å². The van der Waals surface area contributed by atoms with Crippen LogP contribution in [0.3, 0.4) is 0 Å². The van der Waals surface area contributed by atoms with Gasteiger partial charge in [0, 0.05) is 53.3 Å². The van der Waals surface area contributed by atoms with E-state index < -0.39 is 0 Å². The molecule has 0 aliphatic rings. The number of hydrogen-bond donors (Lipinski definition) is 0. The van der Waals surface area contributed by atoms with Crippen LogP contribution >= 0.6 is 11.3 Å². The molecule has 5 heteroatoms. The fourth-order valence-electron chi connectivity index (χ4n) is 11.2. The molecular weight excluding hydrogens is 869 g/mol.